The summed E-state index contributed by atoms with van der Waals surface area (Å²) in [6.07, 6.45) is 6.24. The summed E-state index contributed by atoms with van der Waals surface area (Å²) in [5.41, 5.74) is 0. The second-order valence-corrected chi connectivity index (χ2v) is 8.90. The van der Waals surface area contributed by atoms with Crippen LogP contribution in [0.2, 0.25) is 0 Å². The Kier molecular flexibility index (Phi) is 5.59. The topological polar surface area (TPSA) is 76.5 Å². The largest absolute Gasteiger partial charge is 0.383 e. The summed E-state index contributed by atoms with van der Waals surface area (Å²) in [6, 6.07) is 0.0323. The third-order valence-corrected chi connectivity index (χ3v) is 6.50. The van der Waals surface area contributed by atoms with Crippen LogP contribution in [0, 0.1) is 11.8 Å². The van der Waals surface area contributed by atoms with Gasteiger partial charge in [-0.1, -0.05) is 0 Å². The van der Waals surface area contributed by atoms with Crippen LogP contribution in [0.15, 0.2) is 12.4 Å². The molecule has 0 bridgehead atoms. The molecule has 1 aromatic heterocycles. The van der Waals surface area contributed by atoms with Crippen molar-refractivity contribution < 1.29 is 13.2 Å². The quantitative estimate of drug-likeness (QED) is 0.704. The van der Waals surface area contributed by atoms with Gasteiger partial charge in [0.2, 0.25) is 10.0 Å². The number of methoxy groups -OCH3 is 1. The smallest absolute Gasteiger partial charge is 0.211 e. The van der Waals surface area contributed by atoms with Crippen LogP contribution >= 0.6 is 0 Å². The van der Waals surface area contributed by atoms with Gasteiger partial charge in [0.05, 0.1) is 18.9 Å². The molecule has 0 aromatic carbocycles. The summed E-state index contributed by atoms with van der Waals surface area (Å²) in [6.45, 7) is 5.60. The van der Waals surface area contributed by atoms with Crippen molar-refractivity contribution in [3.8, 4) is 0 Å². The van der Waals surface area contributed by atoms with Crippen molar-refractivity contribution in [1.29, 1.82) is 0 Å². The van der Waals surface area contributed by atoms with E-state index in [1.807, 2.05) is 12.4 Å². The Hall–Kier alpha value is -0.960. The van der Waals surface area contributed by atoms with E-state index >= 15 is 0 Å². The lowest BCUT2D eigenvalue weighted by Gasteiger charge is -2.18. The summed E-state index contributed by atoms with van der Waals surface area (Å²) < 4.78 is 34.1. The minimum absolute atomic E-state index is 0.0323. The number of nitrogens with zero attached hydrogens (tertiary/aromatic N) is 3. The summed E-state index contributed by atoms with van der Waals surface area (Å²) in [7, 11) is -1.47. The molecule has 0 spiro atoms. The van der Waals surface area contributed by atoms with Gasteiger partial charge in [0.15, 0.2) is 0 Å². The second kappa shape index (κ2) is 7.51. The van der Waals surface area contributed by atoms with Gasteiger partial charge in [0.25, 0.3) is 0 Å². The van der Waals surface area contributed by atoms with Crippen LogP contribution < -0.4 is 4.72 Å². The normalized spacial score (nSPS) is 25.4. The summed E-state index contributed by atoms with van der Waals surface area (Å²) in [5, 5.41) is 0. The van der Waals surface area contributed by atoms with Gasteiger partial charge >= 0.3 is 0 Å². The lowest BCUT2D eigenvalue weighted by molar-refractivity contribution is 0.184. The molecule has 1 N–H and O–H groups in total. The number of ether oxygens (including phenoxy) is 1. The van der Waals surface area contributed by atoms with E-state index in [1.54, 1.807) is 14.0 Å². The molecule has 1 aliphatic heterocycles. The number of rotatable bonds is 9. The monoisotopic (exact) mass is 356 g/mol. The van der Waals surface area contributed by atoms with Gasteiger partial charge in [-0.3, -0.25) is 4.90 Å². The van der Waals surface area contributed by atoms with E-state index in [4.69, 9.17) is 4.74 Å². The van der Waals surface area contributed by atoms with Crippen LogP contribution in [0.25, 0.3) is 0 Å². The highest BCUT2D eigenvalue weighted by molar-refractivity contribution is 7.89. The predicted molar refractivity (Wildman–Crippen MR) is 92.0 cm³/mol. The molecule has 2 atom stereocenters. The second-order valence-electron chi connectivity index (χ2n) is 6.85. The van der Waals surface area contributed by atoms with Crippen molar-refractivity contribution in [2.75, 3.05) is 32.6 Å². The molecule has 1 aliphatic carbocycles. The van der Waals surface area contributed by atoms with Gasteiger partial charge in [-0.25, -0.2) is 18.1 Å². The van der Waals surface area contributed by atoms with E-state index in [2.05, 4.69) is 19.2 Å². The zero-order valence-electron chi connectivity index (χ0n) is 14.5. The van der Waals surface area contributed by atoms with Crippen LogP contribution in [0.3, 0.4) is 0 Å². The lowest BCUT2D eigenvalue weighted by Crippen LogP contribution is -2.41. The van der Waals surface area contributed by atoms with E-state index in [9.17, 15) is 8.42 Å². The average molecular weight is 356 g/mol. The van der Waals surface area contributed by atoms with Crippen molar-refractivity contribution in [3.63, 3.8) is 0 Å². The lowest BCUT2D eigenvalue weighted by atomic mass is 9.99. The first-order valence-electron chi connectivity index (χ1n) is 8.73. The van der Waals surface area contributed by atoms with Crippen molar-refractivity contribution >= 4 is 10.0 Å². The van der Waals surface area contributed by atoms with Crippen LogP contribution in [0.4, 0.5) is 0 Å². The standard InChI is InChI=1S/C16H28N4O3S/c1-3-24(21,22)18-15-11-19(10-14(15)13-4-5-13)12-16-17-6-7-20(16)8-9-23-2/h6-7,13-15,18H,3-5,8-12H2,1-2H3/t14-,15+/m0/s1. The summed E-state index contributed by atoms with van der Waals surface area (Å²) in [4.78, 5) is 6.79. The molecule has 3 rings (SSSR count). The Morgan fingerprint density at radius 3 is 2.83 bits per heavy atom. The number of hydrogen-bond acceptors (Lipinski definition) is 5. The number of imidazole rings is 1. The molecule has 2 aliphatic rings. The van der Waals surface area contributed by atoms with E-state index in [0.717, 1.165) is 32.0 Å². The maximum absolute atomic E-state index is 12.0. The average Bonchev–Trinajstić information content (AvgIpc) is 3.19. The number of hydrogen-bond donors (Lipinski definition) is 1. The Morgan fingerprint density at radius 1 is 1.38 bits per heavy atom. The van der Waals surface area contributed by atoms with E-state index < -0.39 is 10.0 Å². The highest BCUT2D eigenvalue weighted by Crippen LogP contribution is 2.41. The molecule has 8 heteroatoms. The fourth-order valence-electron chi connectivity index (χ4n) is 3.57. The predicted octanol–water partition coefficient (Wildman–Crippen LogP) is 0.679. The molecule has 7 nitrogen and oxygen atoms in total. The Labute approximate surface area is 144 Å². The minimum atomic E-state index is -3.16. The summed E-state index contributed by atoms with van der Waals surface area (Å²) in [5.74, 6) is 2.25. The molecule has 24 heavy (non-hydrogen) atoms. The Morgan fingerprint density at radius 2 is 2.17 bits per heavy atom. The molecule has 1 saturated carbocycles. The number of aromatic nitrogens is 2. The molecular weight excluding hydrogens is 328 g/mol. The fourth-order valence-corrected chi connectivity index (χ4v) is 4.45. The summed E-state index contributed by atoms with van der Waals surface area (Å²) >= 11 is 0. The van der Waals surface area contributed by atoms with Crippen molar-refractivity contribution in [3.05, 3.63) is 18.2 Å². The van der Waals surface area contributed by atoms with E-state index in [-0.39, 0.29) is 11.8 Å². The van der Waals surface area contributed by atoms with Crippen molar-refractivity contribution in [1.82, 2.24) is 19.2 Å². The Bertz CT molecular complexity index is 642. The molecule has 0 radical (unpaired) electrons. The Balaban J connectivity index is 1.64. The van der Waals surface area contributed by atoms with Gasteiger partial charge in [-0.15, -0.1) is 0 Å². The van der Waals surface area contributed by atoms with Gasteiger partial charge in [0.1, 0.15) is 5.82 Å². The first-order chi connectivity index (χ1) is 11.5. The zero-order chi connectivity index (χ0) is 17.2. The van der Waals surface area contributed by atoms with Crippen molar-refractivity contribution in [2.45, 2.75) is 38.9 Å². The molecular formula is C16H28N4O3S. The third-order valence-electron chi connectivity index (χ3n) is 5.08. The first-order valence-corrected chi connectivity index (χ1v) is 10.4. The van der Waals surface area contributed by atoms with E-state index in [1.165, 1.54) is 12.8 Å². The molecule has 2 fully saturated rings. The number of nitrogens with one attached hydrogen (secondary N) is 1. The number of likely N-dealkylation sites (tertiary alicyclic amines) is 1. The van der Waals surface area contributed by atoms with Gasteiger partial charge in [-0.05, 0) is 31.6 Å². The van der Waals surface area contributed by atoms with Gasteiger partial charge in [-0.2, -0.15) is 0 Å². The first kappa shape index (κ1) is 17.8. The maximum Gasteiger partial charge on any atom is 0.211 e. The SMILES string of the molecule is CCS(=O)(=O)N[C@@H]1CN(Cc2nccn2CCOC)C[C@H]1C1CC1. The highest BCUT2D eigenvalue weighted by atomic mass is 32.2. The molecule has 0 amide bonds. The maximum atomic E-state index is 12.0. The fraction of sp³-hybridized carbons (Fsp3) is 0.812. The molecule has 1 saturated heterocycles. The third kappa shape index (κ3) is 4.36. The number of sulfonamides is 1. The van der Waals surface area contributed by atoms with Crippen LogP contribution in [0.1, 0.15) is 25.6 Å². The molecule has 1 aromatic rings. The van der Waals surface area contributed by atoms with Crippen LogP contribution in [-0.4, -0.2) is 61.5 Å². The van der Waals surface area contributed by atoms with Gasteiger partial charge < -0.3 is 9.30 Å². The molecule has 0 unspecified atom stereocenters. The zero-order valence-corrected chi connectivity index (χ0v) is 15.3. The van der Waals surface area contributed by atoms with Crippen LogP contribution in [-0.2, 0) is 27.8 Å². The van der Waals surface area contributed by atoms with Crippen molar-refractivity contribution in [2.24, 2.45) is 11.8 Å². The van der Waals surface area contributed by atoms with Crippen LogP contribution in [0.5, 0.6) is 0 Å². The van der Waals surface area contributed by atoms with Gasteiger partial charge in [0, 0.05) is 45.2 Å². The highest BCUT2D eigenvalue weighted by Gasteiger charge is 2.43. The minimum Gasteiger partial charge on any atom is -0.383 e. The molecule has 136 valence electrons. The van der Waals surface area contributed by atoms with E-state index in [0.29, 0.717) is 18.4 Å². The molecule has 2 heterocycles.